The summed E-state index contributed by atoms with van der Waals surface area (Å²) in [5, 5.41) is 8.32. The van der Waals surface area contributed by atoms with Gasteiger partial charge in [-0.2, -0.15) is 5.10 Å². The van der Waals surface area contributed by atoms with Crippen LogP contribution in [0.4, 0.5) is 0 Å². The zero-order valence-electron chi connectivity index (χ0n) is 14.1. The molecule has 24 heavy (non-hydrogen) atoms. The maximum Gasteiger partial charge on any atom is 0.251 e. The number of carbonyl (C=O) groups is 1. The molecule has 1 unspecified atom stereocenters. The maximum absolute atomic E-state index is 12.6. The number of aryl methyl sites for hydroxylation is 1. The molecule has 0 radical (unpaired) electrons. The third-order valence-electron chi connectivity index (χ3n) is 3.97. The van der Waals surface area contributed by atoms with Crippen LogP contribution in [-0.2, 0) is 13.0 Å². The Bertz CT molecular complexity index is 825. The summed E-state index contributed by atoms with van der Waals surface area (Å²) < 4.78 is 2.79. The van der Waals surface area contributed by atoms with Crippen LogP contribution < -0.4 is 5.32 Å². The van der Waals surface area contributed by atoms with Crippen molar-refractivity contribution in [3.05, 3.63) is 41.4 Å². The Morgan fingerprint density at radius 1 is 1.38 bits per heavy atom. The zero-order chi connectivity index (χ0) is 17.1. The number of amides is 1. The van der Waals surface area contributed by atoms with Gasteiger partial charge in [-0.25, -0.2) is 9.97 Å². The van der Waals surface area contributed by atoms with Gasteiger partial charge in [0.05, 0.1) is 27.8 Å². The summed E-state index contributed by atoms with van der Waals surface area (Å²) >= 11 is 1.64. The number of aromatic nitrogens is 4. The van der Waals surface area contributed by atoms with Crippen molar-refractivity contribution in [2.24, 2.45) is 5.92 Å². The van der Waals surface area contributed by atoms with Gasteiger partial charge in [0.25, 0.3) is 5.91 Å². The molecule has 6 nitrogen and oxygen atoms in total. The molecular weight excluding hydrogens is 322 g/mol. The van der Waals surface area contributed by atoms with E-state index in [2.05, 4.69) is 41.2 Å². The van der Waals surface area contributed by atoms with Gasteiger partial charge in [-0.3, -0.25) is 9.48 Å². The van der Waals surface area contributed by atoms with Crippen molar-refractivity contribution in [2.45, 2.75) is 39.8 Å². The number of thiazole rings is 1. The van der Waals surface area contributed by atoms with Gasteiger partial charge in [0.15, 0.2) is 0 Å². The highest BCUT2D eigenvalue weighted by Crippen LogP contribution is 2.23. The Morgan fingerprint density at radius 3 is 2.88 bits per heavy atom. The predicted octanol–water partition coefficient (Wildman–Crippen LogP) is 2.90. The molecule has 1 N–H and O–H groups in total. The number of carbonyl (C=O) groups excluding carboxylic acids is 1. The van der Waals surface area contributed by atoms with Gasteiger partial charge in [-0.05, 0) is 30.5 Å². The van der Waals surface area contributed by atoms with Crippen LogP contribution >= 0.6 is 11.3 Å². The third kappa shape index (κ3) is 3.62. The second kappa shape index (κ2) is 7.09. The van der Waals surface area contributed by atoms with Crippen LogP contribution in [0.2, 0.25) is 0 Å². The summed E-state index contributed by atoms with van der Waals surface area (Å²) in [6.45, 7) is 6.86. The van der Waals surface area contributed by atoms with E-state index in [-0.39, 0.29) is 17.9 Å². The van der Waals surface area contributed by atoms with E-state index in [9.17, 15) is 4.79 Å². The lowest BCUT2D eigenvalue weighted by molar-refractivity contribution is 0.0919. The monoisotopic (exact) mass is 343 g/mol. The Hall–Kier alpha value is -2.28. The number of rotatable bonds is 6. The molecule has 126 valence electrons. The number of nitrogens with zero attached hydrogens (tertiary/aromatic N) is 4. The lowest BCUT2D eigenvalue weighted by Gasteiger charge is -2.22. The Kier molecular flexibility index (Phi) is 4.89. The van der Waals surface area contributed by atoms with Gasteiger partial charge in [0.1, 0.15) is 12.7 Å². The number of benzene rings is 1. The third-order valence-corrected chi connectivity index (χ3v) is 5.13. The Morgan fingerprint density at radius 2 is 2.21 bits per heavy atom. The fraction of sp³-hybridized carbons (Fsp3) is 0.412. The molecule has 0 aliphatic carbocycles. The Labute approximate surface area is 144 Å². The molecule has 2 heterocycles. The molecule has 7 heteroatoms. The summed E-state index contributed by atoms with van der Waals surface area (Å²) in [6, 6.07) is 5.67. The van der Waals surface area contributed by atoms with E-state index in [4.69, 9.17) is 0 Å². The smallest absolute Gasteiger partial charge is 0.251 e. The number of hydrogen-bond acceptors (Lipinski definition) is 5. The van der Waals surface area contributed by atoms with Gasteiger partial charge >= 0.3 is 0 Å². The molecule has 3 rings (SSSR count). The maximum atomic E-state index is 12.6. The van der Waals surface area contributed by atoms with Gasteiger partial charge in [0.2, 0.25) is 0 Å². The van der Waals surface area contributed by atoms with Crippen LogP contribution in [0.1, 0.15) is 36.1 Å². The first kappa shape index (κ1) is 16.6. The van der Waals surface area contributed by atoms with Crippen molar-refractivity contribution >= 4 is 27.5 Å². The molecular formula is C17H21N5OS. The number of nitrogens with one attached hydrogen (secondary N) is 1. The van der Waals surface area contributed by atoms with Crippen LogP contribution in [0.3, 0.4) is 0 Å². The molecule has 0 aliphatic rings. The van der Waals surface area contributed by atoms with Crippen molar-refractivity contribution in [3.8, 4) is 0 Å². The van der Waals surface area contributed by atoms with E-state index in [0.717, 1.165) is 21.6 Å². The molecule has 0 aliphatic heterocycles. The normalized spacial score (nSPS) is 12.7. The Balaban J connectivity index is 1.76. The topological polar surface area (TPSA) is 72.7 Å². The molecule has 3 aromatic rings. The van der Waals surface area contributed by atoms with Crippen LogP contribution in [0, 0.1) is 5.92 Å². The van der Waals surface area contributed by atoms with Crippen LogP contribution in [-0.4, -0.2) is 31.7 Å². The van der Waals surface area contributed by atoms with Crippen LogP contribution in [0.5, 0.6) is 0 Å². The lowest BCUT2D eigenvalue weighted by Crippen LogP contribution is -2.41. The molecule has 0 spiro atoms. The lowest BCUT2D eigenvalue weighted by atomic mass is 10.0. The van der Waals surface area contributed by atoms with Crippen LogP contribution in [0.15, 0.2) is 30.9 Å². The largest absolute Gasteiger partial charge is 0.347 e. The molecule has 1 amide bonds. The molecule has 0 fully saturated rings. The summed E-state index contributed by atoms with van der Waals surface area (Å²) in [6.07, 6.45) is 4.08. The van der Waals surface area contributed by atoms with E-state index >= 15 is 0 Å². The molecule has 1 atom stereocenters. The predicted molar refractivity (Wildman–Crippen MR) is 95.1 cm³/mol. The summed E-state index contributed by atoms with van der Waals surface area (Å²) in [5.41, 5.74) is 1.62. The summed E-state index contributed by atoms with van der Waals surface area (Å²) in [7, 11) is 0. The van der Waals surface area contributed by atoms with Crippen LogP contribution in [0.25, 0.3) is 10.2 Å². The minimum atomic E-state index is -0.0674. The van der Waals surface area contributed by atoms with Crippen molar-refractivity contribution < 1.29 is 4.79 Å². The van der Waals surface area contributed by atoms with Gasteiger partial charge in [-0.1, -0.05) is 20.8 Å². The summed E-state index contributed by atoms with van der Waals surface area (Å²) in [4.78, 5) is 21.1. The molecule has 0 saturated heterocycles. The SMILES string of the molecule is CCc1nc2ccc(C(=O)NC(Cn3cncn3)C(C)C)cc2s1. The first-order valence-corrected chi connectivity index (χ1v) is 8.91. The second-order valence-corrected chi connectivity index (χ2v) is 7.20. The van der Waals surface area contributed by atoms with Gasteiger partial charge in [-0.15, -0.1) is 11.3 Å². The second-order valence-electron chi connectivity index (χ2n) is 6.09. The zero-order valence-corrected chi connectivity index (χ0v) is 14.9. The standard InChI is InChI=1S/C17H21N5OS/c1-4-16-20-13-6-5-12(7-15(13)24-16)17(23)21-14(11(2)3)8-22-10-18-9-19-22/h5-7,9-11,14H,4,8H2,1-3H3,(H,21,23). The first-order chi connectivity index (χ1) is 11.6. The minimum Gasteiger partial charge on any atom is -0.347 e. The van der Waals surface area contributed by atoms with E-state index in [0.29, 0.717) is 12.1 Å². The quantitative estimate of drug-likeness (QED) is 0.747. The molecule has 0 saturated carbocycles. The highest BCUT2D eigenvalue weighted by Gasteiger charge is 2.18. The van der Waals surface area contributed by atoms with Crippen molar-refractivity contribution in [1.82, 2.24) is 25.1 Å². The molecule has 0 bridgehead atoms. The fourth-order valence-corrected chi connectivity index (χ4v) is 3.41. The average Bonchev–Trinajstić information content (AvgIpc) is 3.21. The molecule has 2 aromatic heterocycles. The fourth-order valence-electron chi connectivity index (χ4n) is 2.47. The summed E-state index contributed by atoms with van der Waals surface area (Å²) in [5.74, 6) is 0.221. The molecule has 1 aromatic carbocycles. The van der Waals surface area contributed by atoms with Gasteiger partial charge < -0.3 is 5.32 Å². The van der Waals surface area contributed by atoms with Crippen molar-refractivity contribution in [1.29, 1.82) is 0 Å². The van der Waals surface area contributed by atoms with Crippen molar-refractivity contribution in [2.75, 3.05) is 0 Å². The van der Waals surface area contributed by atoms with Crippen molar-refractivity contribution in [3.63, 3.8) is 0 Å². The minimum absolute atomic E-state index is 0.0115. The highest BCUT2D eigenvalue weighted by atomic mass is 32.1. The number of fused-ring (bicyclic) bond motifs is 1. The van der Waals surface area contributed by atoms with Gasteiger partial charge in [0, 0.05) is 5.56 Å². The first-order valence-electron chi connectivity index (χ1n) is 8.09. The highest BCUT2D eigenvalue weighted by molar-refractivity contribution is 7.18. The van der Waals surface area contributed by atoms with E-state index in [1.165, 1.54) is 6.33 Å². The number of hydrogen-bond donors (Lipinski definition) is 1. The van der Waals surface area contributed by atoms with E-state index < -0.39 is 0 Å². The van der Waals surface area contributed by atoms with E-state index in [1.807, 2.05) is 18.2 Å². The van der Waals surface area contributed by atoms with E-state index in [1.54, 1.807) is 22.3 Å². The average molecular weight is 343 g/mol.